The van der Waals surface area contributed by atoms with E-state index in [-0.39, 0.29) is 0 Å². The van der Waals surface area contributed by atoms with Gasteiger partial charge in [0.05, 0.1) is 31.0 Å². The molecule has 5 nitrogen and oxygen atoms in total. The predicted octanol–water partition coefficient (Wildman–Crippen LogP) is 7.58. The van der Waals surface area contributed by atoms with E-state index in [0.29, 0.717) is 16.5 Å². The van der Waals surface area contributed by atoms with Crippen LogP contribution in [-0.2, 0) is 0 Å². The van der Waals surface area contributed by atoms with Gasteiger partial charge < -0.3 is 9.47 Å². The van der Waals surface area contributed by atoms with Crippen molar-refractivity contribution in [3.8, 4) is 39.7 Å². The van der Waals surface area contributed by atoms with Gasteiger partial charge in [0.2, 0.25) is 0 Å². The van der Waals surface area contributed by atoms with Gasteiger partial charge in [-0.25, -0.2) is 9.67 Å². The van der Waals surface area contributed by atoms with Gasteiger partial charge in [-0.15, -0.1) is 0 Å². The Kier molecular flexibility index (Phi) is 5.55. The molecule has 0 radical (unpaired) electrons. The molecule has 0 aliphatic carbocycles. The lowest BCUT2D eigenvalue weighted by atomic mass is 9.98. The molecule has 0 aliphatic rings. The molecule has 36 heavy (non-hydrogen) atoms. The summed E-state index contributed by atoms with van der Waals surface area (Å²) in [4.78, 5) is 5.21. The molecule has 0 aliphatic heterocycles. The van der Waals surface area contributed by atoms with Gasteiger partial charge in [0.15, 0.2) is 17.1 Å². The summed E-state index contributed by atoms with van der Waals surface area (Å²) in [6, 6.07) is 31.9. The van der Waals surface area contributed by atoms with E-state index in [9.17, 15) is 0 Å². The van der Waals surface area contributed by atoms with Crippen LogP contribution in [-0.4, -0.2) is 29.0 Å². The first-order valence-corrected chi connectivity index (χ1v) is 11.9. The number of nitrogens with zero attached hydrogens (tertiary/aromatic N) is 3. The number of para-hydroxylation sites is 1. The number of hydrogen-bond donors (Lipinski definition) is 0. The molecule has 6 heteroatoms. The molecule has 2 aromatic heterocycles. The third kappa shape index (κ3) is 3.65. The third-order valence-electron chi connectivity index (χ3n) is 6.27. The molecular weight excluding hydrogens is 470 g/mol. The lowest BCUT2D eigenvalue weighted by Gasteiger charge is -2.14. The van der Waals surface area contributed by atoms with Crippen LogP contribution in [0, 0.1) is 0 Å². The molecule has 6 aromatic rings. The van der Waals surface area contributed by atoms with Crippen LogP contribution in [0.5, 0.6) is 11.5 Å². The summed E-state index contributed by atoms with van der Waals surface area (Å²) in [5.41, 5.74) is 5.22. The number of methoxy groups -OCH3 is 2. The normalized spacial score (nSPS) is 11.2. The van der Waals surface area contributed by atoms with Crippen molar-refractivity contribution in [2.24, 2.45) is 0 Å². The van der Waals surface area contributed by atoms with E-state index in [0.717, 1.165) is 50.0 Å². The summed E-state index contributed by atoms with van der Waals surface area (Å²) < 4.78 is 13.3. The van der Waals surface area contributed by atoms with Crippen molar-refractivity contribution in [1.82, 2.24) is 14.8 Å². The lowest BCUT2D eigenvalue weighted by molar-refractivity contribution is 0.356. The Morgan fingerprint density at radius 2 is 1.31 bits per heavy atom. The Hall–Kier alpha value is -4.35. The van der Waals surface area contributed by atoms with Gasteiger partial charge >= 0.3 is 0 Å². The van der Waals surface area contributed by atoms with Crippen molar-refractivity contribution in [1.29, 1.82) is 0 Å². The van der Waals surface area contributed by atoms with Crippen LogP contribution in [0.1, 0.15) is 0 Å². The minimum absolute atomic E-state index is 0.631. The summed E-state index contributed by atoms with van der Waals surface area (Å²) in [6.07, 6.45) is 0. The highest BCUT2D eigenvalue weighted by Gasteiger charge is 2.22. The second-order valence-corrected chi connectivity index (χ2v) is 8.82. The van der Waals surface area contributed by atoms with Crippen LogP contribution < -0.4 is 9.47 Å². The monoisotopic (exact) mass is 491 g/mol. The third-order valence-corrected chi connectivity index (χ3v) is 6.51. The fourth-order valence-electron chi connectivity index (χ4n) is 4.61. The summed E-state index contributed by atoms with van der Waals surface area (Å²) in [7, 11) is 3.28. The number of pyridine rings is 1. The number of halogens is 1. The highest BCUT2D eigenvalue weighted by molar-refractivity contribution is 6.31. The fourth-order valence-corrected chi connectivity index (χ4v) is 4.80. The van der Waals surface area contributed by atoms with Crippen molar-refractivity contribution in [3.63, 3.8) is 0 Å². The number of ether oxygens (including phenoxy) is 2. The summed E-state index contributed by atoms with van der Waals surface area (Å²) in [6.45, 7) is 0. The van der Waals surface area contributed by atoms with E-state index in [1.54, 1.807) is 14.2 Å². The minimum Gasteiger partial charge on any atom is -0.493 e. The zero-order valence-electron chi connectivity index (χ0n) is 19.8. The second kappa shape index (κ2) is 9.02. The number of benzene rings is 4. The number of fused-ring (bicyclic) bond motifs is 3. The van der Waals surface area contributed by atoms with Crippen LogP contribution in [0.4, 0.5) is 0 Å². The largest absolute Gasteiger partial charge is 0.493 e. The van der Waals surface area contributed by atoms with Crippen molar-refractivity contribution < 1.29 is 9.47 Å². The molecule has 0 bridgehead atoms. The molecule has 0 unspecified atom stereocenters. The van der Waals surface area contributed by atoms with E-state index >= 15 is 0 Å². The molecule has 176 valence electrons. The van der Waals surface area contributed by atoms with E-state index in [4.69, 9.17) is 31.2 Å². The first kappa shape index (κ1) is 22.1. The summed E-state index contributed by atoms with van der Waals surface area (Å²) in [5.74, 6) is 1.27. The first-order valence-electron chi connectivity index (χ1n) is 11.5. The SMILES string of the molecule is COc1cc2c(-c3cccc(Cl)c3)nc3c(c(-c4ccccc4)nn3-c3ccccc3)c2cc1OC. The van der Waals surface area contributed by atoms with Crippen molar-refractivity contribution in [2.75, 3.05) is 14.2 Å². The zero-order valence-corrected chi connectivity index (χ0v) is 20.5. The lowest BCUT2D eigenvalue weighted by Crippen LogP contribution is -1.99. The maximum absolute atomic E-state index is 6.39. The van der Waals surface area contributed by atoms with Gasteiger partial charge in [-0.3, -0.25) is 0 Å². The van der Waals surface area contributed by atoms with Crippen LogP contribution in [0.15, 0.2) is 97.1 Å². The second-order valence-electron chi connectivity index (χ2n) is 8.38. The number of hydrogen-bond acceptors (Lipinski definition) is 4. The molecule has 0 spiro atoms. The Morgan fingerprint density at radius 3 is 1.97 bits per heavy atom. The van der Waals surface area contributed by atoms with Crippen molar-refractivity contribution >= 4 is 33.4 Å². The average Bonchev–Trinajstić information content (AvgIpc) is 3.32. The maximum atomic E-state index is 6.39. The van der Waals surface area contributed by atoms with Crippen molar-refractivity contribution in [3.05, 3.63) is 102 Å². The van der Waals surface area contributed by atoms with Gasteiger partial charge in [-0.05, 0) is 36.4 Å². The molecule has 6 rings (SSSR count). The Morgan fingerprint density at radius 1 is 0.667 bits per heavy atom. The molecular formula is C30H22ClN3O2. The number of rotatable bonds is 5. The highest BCUT2D eigenvalue weighted by atomic mass is 35.5. The standard InChI is InChI=1S/C30H22ClN3O2/c1-35-25-17-23-24(18-26(25)36-2)28(20-12-9-13-21(31)16-20)32-30-27(23)29(19-10-5-3-6-11-19)33-34(30)22-14-7-4-8-15-22/h3-18H,1-2H3. The number of aromatic nitrogens is 3. The van der Waals surface area contributed by atoms with Crippen molar-refractivity contribution in [2.45, 2.75) is 0 Å². The average molecular weight is 492 g/mol. The van der Waals surface area contributed by atoms with Gasteiger partial charge in [0, 0.05) is 26.9 Å². The van der Waals surface area contributed by atoms with Gasteiger partial charge in [-0.2, -0.15) is 5.10 Å². The Balaban J connectivity index is 1.82. The molecule has 0 atom stereocenters. The van der Waals surface area contributed by atoms with E-state index in [2.05, 4.69) is 12.1 Å². The van der Waals surface area contributed by atoms with Crippen LogP contribution in [0.3, 0.4) is 0 Å². The first-order chi connectivity index (χ1) is 17.7. The van der Waals surface area contributed by atoms with Gasteiger partial charge in [0.1, 0.15) is 5.69 Å². The maximum Gasteiger partial charge on any atom is 0.164 e. The van der Waals surface area contributed by atoms with Gasteiger partial charge in [-0.1, -0.05) is 72.3 Å². The fraction of sp³-hybridized carbons (Fsp3) is 0.0667. The topological polar surface area (TPSA) is 49.2 Å². The predicted molar refractivity (Wildman–Crippen MR) is 145 cm³/mol. The van der Waals surface area contributed by atoms with Gasteiger partial charge in [0.25, 0.3) is 0 Å². The zero-order chi connectivity index (χ0) is 24.6. The minimum atomic E-state index is 0.631. The summed E-state index contributed by atoms with van der Waals surface area (Å²) >= 11 is 6.39. The molecule has 0 N–H and O–H groups in total. The van der Waals surface area contributed by atoms with Crippen LogP contribution >= 0.6 is 11.6 Å². The molecule has 0 fully saturated rings. The molecule has 0 saturated heterocycles. The highest BCUT2D eigenvalue weighted by Crippen LogP contribution is 2.43. The quantitative estimate of drug-likeness (QED) is 0.249. The van der Waals surface area contributed by atoms with E-state index in [1.807, 2.05) is 89.6 Å². The molecule has 0 saturated carbocycles. The molecule has 2 heterocycles. The summed E-state index contributed by atoms with van der Waals surface area (Å²) in [5, 5.41) is 8.56. The van der Waals surface area contributed by atoms with E-state index < -0.39 is 0 Å². The Labute approximate surface area is 213 Å². The van der Waals surface area contributed by atoms with Crippen LogP contribution in [0.25, 0.3) is 50.0 Å². The smallest absolute Gasteiger partial charge is 0.164 e. The molecule has 4 aromatic carbocycles. The molecule has 0 amide bonds. The Bertz CT molecular complexity index is 1710. The van der Waals surface area contributed by atoms with Crippen LogP contribution in [0.2, 0.25) is 5.02 Å². The van der Waals surface area contributed by atoms with E-state index in [1.165, 1.54) is 0 Å².